The number of rotatable bonds is 6. The van der Waals surface area contributed by atoms with Crippen LogP contribution in [0.1, 0.15) is 22.9 Å². The third-order valence-corrected chi connectivity index (χ3v) is 4.00. The smallest absolute Gasteiger partial charge is 0.247 e. The van der Waals surface area contributed by atoms with E-state index in [0.717, 1.165) is 11.1 Å². The maximum absolute atomic E-state index is 13.5. The minimum absolute atomic E-state index is 0.233. The molecule has 134 valence electrons. The Morgan fingerprint density at radius 2 is 1.96 bits per heavy atom. The predicted octanol–water partition coefficient (Wildman–Crippen LogP) is 3.93. The highest BCUT2D eigenvalue weighted by atomic mass is 19.1. The van der Waals surface area contributed by atoms with Crippen LogP contribution in [0.4, 0.5) is 10.2 Å². The van der Waals surface area contributed by atoms with Crippen molar-refractivity contribution in [3.8, 4) is 0 Å². The third kappa shape index (κ3) is 4.34. The molecule has 0 aliphatic rings. The first kappa shape index (κ1) is 17.8. The number of halogens is 1. The Balaban J connectivity index is 1.84. The van der Waals surface area contributed by atoms with Crippen molar-refractivity contribution < 1.29 is 13.7 Å². The van der Waals surface area contributed by atoms with E-state index in [4.69, 9.17) is 4.52 Å². The second-order valence-electron chi connectivity index (χ2n) is 6.17. The van der Waals surface area contributed by atoms with Crippen LogP contribution >= 0.6 is 0 Å². The summed E-state index contributed by atoms with van der Waals surface area (Å²) in [6, 6.07) is 16.9. The van der Waals surface area contributed by atoms with Gasteiger partial charge in [0.15, 0.2) is 5.82 Å². The Morgan fingerprint density at radius 1 is 1.19 bits per heavy atom. The predicted molar refractivity (Wildman–Crippen MR) is 96.9 cm³/mol. The van der Waals surface area contributed by atoms with E-state index in [0.29, 0.717) is 18.1 Å². The largest absolute Gasteiger partial charge is 0.360 e. The molecule has 3 rings (SSSR count). The summed E-state index contributed by atoms with van der Waals surface area (Å²) in [6.07, 6.45) is 0. The van der Waals surface area contributed by atoms with Crippen molar-refractivity contribution in [2.75, 3.05) is 12.4 Å². The molecule has 0 bridgehead atoms. The summed E-state index contributed by atoms with van der Waals surface area (Å²) in [6.45, 7) is 2.18. The first-order valence-corrected chi connectivity index (χ1v) is 8.27. The van der Waals surface area contributed by atoms with Crippen LogP contribution in [0.5, 0.6) is 0 Å². The van der Waals surface area contributed by atoms with Gasteiger partial charge in [-0.25, -0.2) is 4.39 Å². The lowest BCUT2D eigenvalue weighted by atomic mass is 10.0. The highest BCUT2D eigenvalue weighted by Gasteiger charge is 2.26. The first-order chi connectivity index (χ1) is 12.5. The minimum atomic E-state index is -0.559. The zero-order chi connectivity index (χ0) is 18.5. The van der Waals surface area contributed by atoms with Gasteiger partial charge in [-0.1, -0.05) is 47.6 Å². The van der Waals surface area contributed by atoms with Crippen molar-refractivity contribution in [2.45, 2.75) is 19.5 Å². The monoisotopic (exact) mass is 353 g/mol. The lowest BCUT2D eigenvalue weighted by molar-refractivity contribution is -0.121. The highest BCUT2D eigenvalue weighted by molar-refractivity contribution is 5.94. The van der Waals surface area contributed by atoms with Crippen molar-refractivity contribution >= 4 is 11.7 Å². The average molecular weight is 353 g/mol. The molecule has 1 amide bonds. The molecule has 1 unspecified atom stereocenters. The Bertz CT molecular complexity index is 880. The van der Waals surface area contributed by atoms with Crippen LogP contribution in [0.2, 0.25) is 0 Å². The number of hydrogen-bond donors (Lipinski definition) is 1. The first-order valence-electron chi connectivity index (χ1n) is 8.27. The number of carbonyl (C=O) groups excluding carboxylic acids is 1. The quantitative estimate of drug-likeness (QED) is 0.729. The van der Waals surface area contributed by atoms with Crippen molar-refractivity contribution in [3.63, 3.8) is 0 Å². The summed E-state index contributed by atoms with van der Waals surface area (Å²) < 4.78 is 18.5. The average Bonchev–Trinajstić information content (AvgIpc) is 3.01. The van der Waals surface area contributed by atoms with E-state index in [2.05, 4.69) is 10.5 Å². The molecule has 2 aromatic carbocycles. The second-order valence-corrected chi connectivity index (χ2v) is 6.17. The van der Waals surface area contributed by atoms with Crippen molar-refractivity contribution in [1.82, 2.24) is 10.1 Å². The molecule has 3 aromatic rings. The molecule has 0 spiro atoms. The molecule has 0 fully saturated rings. The van der Waals surface area contributed by atoms with Crippen LogP contribution in [0.3, 0.4) is 0 Å². The van der Waals surface area contributed by atoms with E-state index >= 15 is 0 Å². The maximum Gasteiger partial charge on any atom is 0.247 e. The zero-order valence-electron chi connectivity index (χ0n) is 14.6. The fraction of sp³-hybridized carbons (Fsp3) is 0.200. The van der Waals surface area contributed by atoms with E-state index in [1.165, 1.54) is 12.1 Å². The molecule has 0 aliphatic carbocycles. The Kier molecular flexibility index (Phi) is 5.43. The van der Waals surface area contributed by atoms with Crippen molar-refractivity contribution in [3.05, 3.63) is 83.4 Å². The molecule has 0 aliphatic heterocycles. The summed E-state index contributed by atoms with van der Waals surface area (Å²) in [5.41, 5.74) is 1.63. The summed E-state index contributed by atoms with van der Waals surface area (Å²) >= 11 is 0. The summed E-state index contributed by atoms with van der Waals surface area (Å²) in [4.78, 5) is 14.8. The molecule has 0 saturated carbocycles. The molecule has 1 heterocycles. The number of hydrogen-bond acceptors (Lipinski definition) is 4. The van der Waals surface area contributed by atoms with E-state index in [1.807, 2.05) is 48.3 Å². The van der Waals surface area contributed by atoms with Gasteiger partial charge in [0.1, 0.15) is 17.6 Å². The van der Waals surface area contributed by atoms with Crippen molar-refractivity contribution in [2.24, 2.45) is 0 Å². The van der Waals surface area contributed by atoms with Gasteiger partial charge in [0.2, 0.25) is 5.91 Å². The van der Waals surface area contributed by atoms with Crippen LogP contribution in [-0.4, -0.2) is 23.0 Å². The number of aromatic nitrogens is 1. The SMILES string of the molecule is Cc1cc(NC(=O)C(c2ccccc2)N(C)Cc2cccc(F)c2)no1. The molecule has 0 saturated heterocycles. The zero-order valence-corrected chi connectivity index (χ0v) is 14.6. The number of benzene rings is 2. The summed E-state index contributed by atoms with van der Waals surface area (Å²) in [7, 11) is 1.83. The molecule has 1 atom stereocenters. The maximum atomic E-state index is 13.5. The number of anilines is 1. The molecular formula is C20H20FN3O2. The van der Waals surface area contributed by atoms with Gasteiger partial charge >= 0.3 is 0 Å². The van der Waals surface area contributed by atoms with Gasteiger partial charge in [0.05, 0.1) is 0 Å². The molecule has 5 nitrogen and oxygen atoms in total. The topological polar surface area (TPSA) is 58.4 Å². The summed E-state index contributed by atoms with van der Waals surface area (Å²) in [5, 5.41) is 6.59. The van der Waals surface area contributed by atoms with Crippen molar-refractivity contribution in [1.29, 1.82) is 0 Å². The Hall–Kier alpha value is -2.99. The molecule has 26 heavy (non-hydrogen) atoms. The van der Waals surface area contributed by atoms with E-state index in [-0.39, 0.29) is 11.7 Å². The van der Waals surface area contributed by atoms with E-state index in [9.17, 15) is 9.18 Å². The molecule has 6 heteroatoms. The van der Waals surface area contributed by atoms with Gasteiger partial charge < -0.3 is 9.84 Å². The standard InChI is InChI=1S/C20H20FN3O2/c1-14-11-18(23-26-14)22-20(25)19(16-8-4-3-5-9-16)24(2)13-15-7-6-10-17(21)12-15/h3-12,19H,13H2,1-2H3,(H,22,23,25). The van der Waals surface area contributed by atoms with Gasteiger partial charge in [-0.05, 0) is 37.2 Å². The van der Waals surface area contributed by atoms with Crippen LogP contribution in [0, 0.1) is 12.7 Å². The van der Waals surface area contributed by atoms with Gasteiger partial charge in [0.25, 0.3) is 0 Å². The number of aryl methyl sites for hydroxylation is 1. The summed E-state index contributed by atoms with van der Waals surface area (Å²) in [5.74, 6) is 0.454. The van der Waals surface area contributed by atoms with E-state index < -0.39 is 6.04 Å². The molecular weight excluding hydrogens is 333 g/mol. The lowest BCUT2D eigenvalue weighted by Crippen LogP contribution is -2.34. The molecule has 0 radical (unpaired) electrons. The van der Waals surface area contributed by atoms with Crippen LogP contribution in [0.25, 0.3) is 0 Å². The van der Waals surface area contributed by atoms with Gasteiger partial charge in [-0.3, -0.25) is 9.69 Å². The Labute approximate surface area is 151 Å². The minimum Gasteiger partial charge on any atom is -0.360 e. The second kappa shape index (κ2) is 7.93. The number of carbonyl (C=O) groups is 1. The van der Waals surface area contributed by atoms with Gasteiger partial charge in [0, 0.05) is 12.6 Å². The molecule has 1 N–H and O–H groups in total. The number of nitrogens with zero attached hydrogens (tertiary/aromatic N) is 2. The number of nitrogens with one attached hydrogen (secondary N) is 1. The lowest BCUT2D eigenvalue weighted by Gasteiger charge is -2.27. The van der Waals surface area contributed by atoms with Gasteiger partial charge in [-0.2, -0.15) is 0 Å². The van der Waals surface area contributed by atoms with E-state index in [1.54, 1.807) is 19.1 Å². The van der Waals surface area contributed by atoms with Crippen LogP contribution < -0.4 is 5.32 Å². The fourth-order valence-electron chi connectivity index (χ4n) is 2.88. The highest BCUT2D eigenvalue weighted by Crippen LogP contribution is 2.23. The third-order valence-electron chi connectivity index (χ3n) is 4.00. The normalized spacial score (nSPS) is 12.2. The number of amides is 1. The fourth-order valence-corrected chi connectivity index (χ4v) is 2.88. The Morgan fingerprint density at radius 3 is 2.62 bits per heavy atom. The van der Waals surface area contributed by atoms with Crippen LogP contribution in [0.15, 0.2) is 65.2 Å². The number of likely N-dealkylation sites (N-methyl/N-ethyl adjacent to an activating group) is 1. The molecule has 1 aromatic heterocycles. The van der Waals surface area contributed by atoms with Crippen LogP contribution in [-0.2, 0) is 11.3 Å². The van der Waals surface area contributed by atoms with Gasteiger partial charge in [-0.15, -0.1) is 0 Å².